The minimum atomic E-state index is -0.858. The average molecular weight is 299 g/mol. The fourth-order valence-electron chi connectivity index (χ4n) is 2.93. The Bertz CT molecular complexity index is 655. The van der Waals surface area contributed by atoms with Gasteiger partial charge in [0.2, 0.25) is 5.91 Å². The van der Waals surface area contributed by atoms with Crippen molar-refractivity contribution < 1.29 is 14.7 Å². The molecule has 1 fully saturated rings. The third-order valence-electron chi connectivity index (χ3n) is 4.07. The summed E-state index contributed by atoms with van der Waals surface area (Å²) in [5.41, 5.74) is 0.962. The number of aliphatic carboxylic acids is 1. The molecule has 6 nitrogen and oxygen atoms in total. The maximum atomic E-state index is 12.3. The third-order valence-corrected chi connectivity index (χ3v) is 4.07. The van der Waals surface area contributed by atoms with Crippen molar-refractivity contribution >= 4 is 11.9 Å². The SMILES string of the molecule is O=C(O)[C@@H]1CN(C(=O)Cn2cccn2)C[C@@H]1c1ccccc1. The average Bonchev–Trinajstić information content (AvgIpc) is 3.17. The smallest absolute Gasteiger partial charge is 0.308 e. The summed E-state index contributed by atoms with van der Waals surface area (Å²) in [7, 11) is 0. The standard InChI is InChI=1S/C16H17N3O3/c20-15(11-19-8-4-7-17-19)18-9-13(14(10-18)16(21)22)12-5-2-1-3-6-12/h1-8,13-14H,9-11H2,(H,21,22)/t13-,14-/m1/s1. The Morgan fingerprint density at radius 3 is 2.59 bits per heavy atom. The summed E-state index contributed by atoms with van der Waals surface area (Å²) in [6, 6.07) is 11.3. The molecule has 3 rings (SSSR count). The molecule has 0 unspecified atom stereocenters. The van der Waals surface area contributed by atoms with Gasteiger partial charge in [-0.25, -0.2) is 0 Å². The molecule has 2 aromatic rings. The highest BCUT2D eigenvalue weighted by Gasteiger charge is 2.40. The van der Waals surface area contributed by atoms with Crippen LogP contribution >= 0.6 is 0 Å². The Balaban J connectivity index is 1.75. The number of carbonyl (C=O) groups excluding carboxylic acids is 1. The van der Waals surface area contributed by atoms with Crippen LogP contribution in [0.1, 0.15) is 11.5 Å². The summed E-state index contributed by atoms with van der Waals surface area (Å²) in [6.07, 6.45) is 3.33. The van der Waals surface area contributed by atoms with Crippen LogP contribution in [0.2, 0.25) is 0 Å². The quantitative estimate of drug-likeness (QED) is 0.920. The van der Waals surface area contributed by atoms with E-state index in [0.717, 1.165) is 5.56 Å². The van der Waals surface area contributed by atoms with Gasteiger partial charge >= 0.3 is 5.97 Å². The van der Waals surface area contributed by atoms with E-state index in [1.54, 1.807) is 28.0 Å². The van der Waals surface area contributed by atoms with Crippen molar-refractivity contribution in [1.82, 2.24) is 14.7 Å². The molecule has 0 saturated carbocycles. The Morgan fingerprint density at radius 1 is 1.18 bits per heavy atom. The largest absolute Gasteiger partial charge is 0.481 e. The number of carbonyl (C=O) groups is 2. The first-order valence-corrected chi connectivity index (χ1v) is 7.18. The highest BCUT2D eigenvalue weighted by atomic mass is 16.4. The summed E-state index contributed by atoms with van der Waals surface area (Å²) in [5.74, 6) is -1.69. The number of likely N-dealkylation sites (tertiary alicyclic amines) is 1. The normalized spacial score (nSPS) is 21.0. The second kappa shape index (κ2) is 6.01. The van der Waals surface area contributed by atoms with E-state index in [-0.39, 0.29) is 24.9 Å². The van der Waals surface area contributed by atoms with Crippen LogP contribution in [0.25, 0.3) is 0 Å². The summed E-state index contributed by atoms with van der Waals surface area (Å²) < 4.78 is 1.55. The topological polar surface area (TPSA) is 75.4 Å². The fourth-order valence-corrected chi connectivity index (χ4v) is 2.93. The molecular weight excluding hydrogens is 282 g/mol. The summed E-state index contributed by atoms with van der Waals surface area (Å²) in [4.78, 5) is 25.5. The molecule has 22 heavy (non-hydrogen) atoms. The van der Waals surface area contributed by atoms with E-state index < -0.39 is 11.9 Å². The number of rotatable bonds is 4. The van der Waals surface area contributed by atoms with E-state index in [2.05, 4.69) is 5.10 Å². The van der Waals surface area contributed by atoms with Crippen LogP contribution in [0.15, 0.2) is 48.8 Å². The van der Waals surface area contributed by atoms with Gasteiger partial charge < -0.3 is 10.0 Å². The van der Waals surface area contributed by atoms with Crippen molar-refractivity contribution in [2.75, 3.05) is 13.1 Å². The zero-order chi connectivity index (χ0) is 15.5. The third kappa shape index (κ3) is 2.86. The second-order valence-corrected chi connectivity index (χ2v) is 5.46. The Hall–Kier alpha value is -2.63. The van der Waals surface area contributed by atoms with E-state index in [9.17, 15) is 14.7 Å². The van der Waals surface area contributed by atoms with Crippen LogP contribution in [0, 0.1) is 5.92 Å². The van der Waals surface area contributed by atoms with E-state index >= 15 is 0 Å². The number of benzene rings is 1. The van der Waals surface area contributed by atoms with E-state index in [1.165, 1.54) is 0 Å². The molecule has 0 bridgehead atoms. The maximum absolute atomic E-state index is 12.3. The van der Waals surface area contributed by atoms with Gasteiger partial charge in [-0.15, -0.1) is 0 Å². The summed E-state index contributed by atoms with van der Waals surface area (Å²) in [5, 5.41) is 13.5. The van der Waals surface area contributed by atoms with E-state index in [4.69, 9.17) is 0 Å². The molecule has 2 atom stereocenters. The minimum absolute atomic E-state index is 0.103. The fraction of sp³-hybridized carbons (Fsp3) is 0.312. The van der Waals surface area contributed by atoms with E-state index in [0.29, 0.717) is 6.54 Å². The number of hydrogen-bond acceptors (Lipinski definition) is 3. The Labute approximate surface area is 128 Å². The maximum Gasteiger partial charge on any atom is 0.308 e. The van der Waals surface area contributed by atoms with Crippen LogP contribution in [-0.4, -0.2) is 44.8 Å². The lowest BCUT2D eigenvalue weighted by Gasteiger charge is -2.16. The molecule has 1 aliphatic heterocycles. The van der Waals surface area contributed by atoms with Crippen LogP contribution in [-0.2, 0) is 16.1 Å². The molecule has 1 aliphatic rings. The zero-order valence-electron chi connectivity index (χ0n) is 12.0. The molecule has 1 saturated heterocycles. The Morgan fingerprint density at radius 2 is 1.95 bits per heavy atom. The van der Waals surface area contributed by atoms with Gasteiger partial charge in [-0.05, 0) is 11.6 Å². The lowest BCUT2D eigenvalue weighted by atomic mass is 9.89. The summed E-state index contributed by atoms with van der Waals surface area (Å²) in [6.45, 7) is 0.816. The number of carboxylic acid groups (broad SMARTS) is 1. The minimum Gasteiger partial charge on any atom is -0.481 e. The van der Waals surface area contributed by atoms with Gasteiger partial charge in [0.25, 0.3) is 0 Å². The molecule has 1 aromatic carbocycles. The van der Waals surface area contributed by atoms with Gasteiger partial charge in [0.05, 0.1) is 5.92 Å². The number of aromatic nitrogens is 2. The number of carboxylic acids is 1. The van der Waals surface area contributed by atoms with Gasteiger partial charge in [-0.3, -0.25) is 14.3 Å². The van der Waals surface area contributed by atoms with Crippen LogP contribution in [0.5, 0.6) is 0 Å². The first-order chi connectivity index (χ1) is 10.6. The van der Waals surface area contributed by atoms with Gasteiger partial charge in [0.1, 0.15) is 6.54 Å². The molecule has 2 heterocycles. The second-order valence-electron chi connectivity index (χ2n) is 5.46. The molecule has 114 valence electrons. The molecule has 1 aromatic heterocycles. The molecule has 1 amide bonds. The molecule has 0 radical (unpaired) electrons. The Kier molecular flexibility index (Phi) is 3.91. The number of nitrogens with zero attached hydrogens (tertiary/aromatic N) is 3. The molecule has 0 spiro atoms. The van der Waals surface area contributed by atoms with Crippen LogP contribution in [0.3, 0.4) is 0 Å². The van der Waals surface area contributed by atoms with Gasteiger partial charge in [-0.2, -0.15) is 5.10 Å². The van der Waals surface area contributed by atoms with Crippen molar-refractivity contribution in [1.29, 1.82) is 0 Å². The highest BCUT2D eigenvalue weighted by molar-refractivity contribution is 5.79. The van der Waals surface area contributed by atoms with Crippen molar-refractivity contribution in [2.24, 2.45) is 5.92 Å². The predicted octanol–water partition coefficient (Wildman–Crippen LogP) is 1.21. The lowest BCUT2D eigenvalue weighted by molar-refractivity contribution is -0.141. The first kappa shape index (κ1) is 14.3. The van der Waals surface area contributed by atoms with Crippen molar-refractivity contribution in [3.8, 4) is 0 Å². The van der Waals surface area contributed by atoms with Crippen molar-refractivity contribution in [2.45, 2.75) is 12.5 Å². The number of hydrogen-bond donors (Lipinski definition) is 1. The number of amides is 1. The van der Waals surface area contributed by atoms with Gasteiger partial charge in [0, 0.05) is 31.4 Å². The van der Waals surface area contributed by atoms with Crippen LogP contribution in [0.4, 0.5) is 0 Å². The van der Waals surface area contributed by atoms with Crippen molar-refractivity contribution in [3.05, 3.63) is 54.4 Å². The molecule has 6 heteroatoms. The van der Waals surface area contributed by atoms with Gasteiger partial charge in [0.15, 0.2) is 0 Å². The van der Waals surface area contributed by atoms with E-state index in [1.807, 2.05) is 30.3 Å². The van der Waals surface area contributed by atoms with Crippen molar-refractivity contribution in [3.63, 3.8) is 0 Å². The summed E-state index contributed by atoms with van der Waals surface area (Å²) >= 11 is 0. The predicted molar refractivity (Wildman–Crippen MR) is 79.1 cm³/mol. The first-order valence-electron chi connectivity index (χ1n) is 7.18. The monoisotopic (exact) mass is 299 g/mol. The zero-order valence-corrected chi connectivity index (χ0v) is 12.0. The molecule has 1 N–H and O–H groups in total. The molecule has 0 aliphatic carbocycles. The lowest BCUT2D eigenvalue weighted by Crippen LogP contribution is -2.32. The molecular formula is C16H17N3O3. The van der Waals surface area contributed by atoms with Gasteiger partial charge in [-0.1, -0.05) is 30.3 Å². The highest BCUT2D eigenvalue weighted by Crippen LogP contribution is 2.32. The van der Waals surface area contributed by atoms with Crippen LogP contribution < -0.4 is 0 Å².